The molecule has 96 valence electrons. The van der Waals surface area contributed by atoms with E-state index in [9.17, 15) is 0 Å². The molecule has 0 bridgehead atoms. The van der Waals surface area contributed by atoms with Crippen LogP contribution < -0.4 is 10.1 Å². The summed E-state index contributed by atoms with van der Waals surface area (Å²) in [5.74, 6) is 0.762. The molecule has 0 radical (unpaired) electrons. The van der Waals surface area contributed by atoms with E-state index in [0.717, 1.165) is 25.1 Å². The molecule has 0 spiro atoms. The number of methoxy groups -OCH3 is 1. The highest BCUT2D eigenvalue weighted by Crippen LogP contribution is 2.25. The summed E-state index contributed by atoms with van der Waals surface area (Å²) in [5.41, 5.74) is 1.27. The van der Waals surface area contributed by atoms with Gasteiger partial charge < -0.3 is 10.1 Å². The van der Waals surface area contributed by atoms with Gasteiger partial charge in [0.05, 0.1) is 12.1 Å². The summed E-state index contributed by atoms with van der Waals surface area (Å²) in [5, 5.41) is 4.16. The molecular weight excluding hydrogens is 234 g/mol. The minimum atomic E-state index is 0.552. The van der Waals surface area contributed by atoms with Crippen LogP contribution in [0.2, 0.25) is 5.02 Å². The van der Waals surface area contributed by atoms with Gasteiger partial charge in [0.1, 0.15) is 5.75 Å². The molecule has 17 heavy (non-hydrogen) atoms. The Hall–Kier alpha value is -0.730. The van der Waals surface area contributed by atoms with E-state index in [-0.39, 0.29) is 0 Å². The van der Waals surface area contributed by atoms with Crippen molar-refractivity contribution in [2.24, 2.45) is 0 Å². The normalized spacial score (nSPS) is 12.5. The highest BCUT2D eigenvalue weighted by Gasteiger charge is 2.04. The van der Waals surface area contributed by atoms with Crippen LogP contribution in [-0.2, 0) is 6.42 Å². The van der Waals surface area contributed by atoms with Gasteiger partial charge in [0.2, 0.25) is 0 Å². The SMILES string of the molecule is CCCNC(C)CCc1ccc(Cl)c(OC)c1. The molecule has 0 aromatic heterocycles. The summed E-state index contributed by atoms with van der Waals surface area (Å²) in [6, 6.07) is 6.54. The fourth-order valence-corrected chi connectivity index (χ4v) is 1.93. The molecule has 1 rings (SSSR count). The molecule has 0 heterocycles. The zero-order chi connectivity index (χ0) is 12.7. The molecule has 1 atom stereocenters. The first-order chi connectivity index (χ1) is 8.17. The Labute approximate surface area is 109 Å². The van der Waals surface area contributed by atoms with Gasteiger partial charge in [-0.2, -0.15) is 0 Å². The molecule has 1 unspecified atom stereocenters. The standard InChI is InChI=1S/C14H22ClNO/c1-4-9-16-11(2)5-6-12-7-8-13(15)14(10-12)17-3/h7-8,10-11,16H,4-6,9H2,1-3H3. The molecule has 0 amide bonds. The second-order valence-corrected chi connectivity index (χ2v) is 4.77. The second kappa shape index (κ2) is 7.57. The van der Waals surface area contributed by atoms with Crippen LogP contribution in [0.25, 0.3) is 0 Å². The van der Waals surface area contributed by atoms with Gasteiger partial charge in [-0.1, -0.05) is 24.6 Å². The van der Waals surface area contributed by atoms with E-state index in [1.807, 2.05) is 12.1 Å². The lowest BCUT2D eigenvalue weighted by Gasteiger charge is -2.13. The minimum Gasteiger partial charge on any atom is -0.495 e. The van der Waals surface area contributed by atoms with Crippen molar-refractivity contribution in [3.63, 3.8) is 0 Å². The van der Waals surface area contributed by atoms with Gasteiger partial charge in [-0.3, -0.25) is 0 Å². The molecule has 0 saturated heterocycles. The summed E-state index contributed by atoms with van der Waals surface area (Å²) in [6.07, 6.45) is 3.36. The molecule has 0 fully saturated rings. The molecule has 0 aliphatic carbocycles. The highest BCUT2D eigenvalue weighted by molar-refractivity contribution is 6.32. The van der Waals surface area contributed by atoms with E-state index in [0.29, 0.717) is 11.1 Å². The van der Waals surface area contributed by atoms with Crippen molar-refractivity contribution in [1.82, 2.24) is 5.32 Å². The molecule has 0 aliphatic heterocycles. The fourth-order valence-electron chi connectivity index (χ4n) is 1.74. The Morgan fingerprint density at radius 1 is 1.41 bits per heavy atom. The third-order valence-electron chi connectivity index (χ3n) is 2.82. The van der Waals surface area contributed by atoms with E-state index in [4.69, 9.17) is 16.3 Å². The van der Waals surface area contributed by atoms with Gasteiger partial charge in [-0.05, 0) is 50.4 Å². The van der Waals surface area contributed by atoms with E-state index in [1.54, 1.807) is 7.11 Å². The van der Waals surface area contributed by atoms with Crippen LogP contribution in [0.3, 0.4) is 0 Å². The molecule has 1 N–H and O–H groups in total. The first kappa shape index (κ1) is 14.3. The van der Waals surface area contributed by atoms with Gasteiger partial charge in [0, 0.05) is 6.04 Å². The van der Waals surface area contributed by atoms with Crippen molar-refractivity contribution in [3.05, 3.63) is 28.8 Å². The molecular formula is C14H22ClNO. The molecule has 0 saturated carbocycles. The zero-order valence-corrected chi connectivity index (χ0v) is 11.7. The summed E-state index contributed by atoms with van der Waals surface area (Å²) < 4.78 is 5.21. The largest absolute Gasteiger partial charge is 0.495 e. The first-order valence-electron chi connectivity index (χ1n) is 6.23. The maximum atomic E-state index is 5.99. The lowest BCUT2D eigenvalue weighted by atomic mass is 10.1. The average Bonchev–Trinajstić information content (AvgIpc) is 2.35. The van der Waals surface area contributed by atoms with E-state index >= 15 is 0 Å². The van der Waals surface area contributed by atoms with Crippen LogP contribution in [0.15, 0.2) is 18.2 Å². The molecule has 2 nitrogen and oxygen atoms in total. The minimum absolute atomic E-state index is 0.552. The van der Waals surface area contributed by atoms with E-state index in [2.05, 4.69) is 25.2 Å². The van der Waals surface area contributed by atoms with Crippen molar-refractivity contribution in [2.75, 3.05) is 13.7 Å². The van der Waals surface area contributed by atoms with Gasteiger partial charge in [0.15, 0.2) is 0 Å². The average molecular weight is 256 g/mol. The van der Waals surface area contributed by atoms with Gasteiger partial charge in [0.25, 0.3) is 0 Å². The third kappa shape index (κ3) is 4.97. The molecule has 0 aliphatic rings. The lowest BCUT2D eigenvalue weighted by Crippen LogP contribution is -2.27. The van der Waals surface area contributed by atoms with Crippen molar-refractivity contribution < 1.29 is 4.74 Å². The van der Waals surface area contributed by atoms with Gasteiger partial charge >= 0.3 is 0 Å². The number of nitrogens with one attached hydrogen (secondary N) is 1. The quantitative estimate of drug-likeness (QED) is 0.803. The van der Waals surface area contributed by atoms with Crippen molar-refractivity contribution in [2.45, 2.75) is 39.2 Å². The van der Waals surface area contributed by atoms with Gasteiger partial charge in [-0.15, -0.1) is 0 Å². The topological polar surface area (TPSA) is 21.3 Å². The molecule has 1 aromatic carbocycles. The van der Waals surface area contributed by atoms with Crippen LogP contribution >= 0.6 is 11.6 Å². The Morgan fingerprint density at radius 3 is 2.82 bits per heavy atom. The third-order valence-corrected chi connectivity index (χ3v) is 3.14. The number of rotatable bonds is 7. The number of ether oxygens (including phenoxy) is 1. The first-order valence-corrected chi connectivity index (χ1v) is 6.61. The predicted molar refractivity (Wildman–Crippen MR) is 74.1 cm³/mol. The number of hydrogen-bond acceptors (Lipinski definition) is 2. The van der Waals surface area contributed by atoms with Crippen molar-refractivity contribution >= 4 is 11.6 Å². The lowest BCUT2D eigenvalue weighted by molar-refractivity contribution is 0.414. The Kier molecular flexibility index (Phi) is 6.38. The molecule has 3 heteroatoms. The Morgan fingerprint density at radius 2 is 2.18 bits per heavy atom. The summed E-state index contributed by atoms with van der Waals surface area (Å²) >= 11 is 5.99. The van der Waals surface area contributed by atoms with E-state index in [1.165, 1.54) is 12.0 Å². The van der Waals surface area contributed by atoms with Crippen LogP contribution in [0, 0.1) is 0 Å². The van der Waals surface area contributed by atoms with Crippen LogP contribution in [0.1, 0.15) is 32.3 Å². The van der Waals surface area contributed by atoms with E-state index < -0.39 is 0 Å². The number of halogens is 1. The smallest absolute Gasteiger partial charge is 0.137 e. The summed E-state index contributed by atoms with van der Waals surface area (Å²) in [7, 11) is 1.65. The van der Waals surface area contributed by atoms with Crippen LogP contribution in [0.5, 0.6) is 5.75 Å². The maximum Gasteiger partial charge on any atom is 0.137 e. The maximum absolute atomic E-state index is 5.99. The highest BCUT2D eigenvalue weighted by atomic mass is 35.5. The monoisotopic (exact) mass is 255 g/mol. The Bertz CT molecular complexity index is 341. The second-order valence-electron chi connectivity index (χ2n) is 4.36. The van der Waals surface area contributed by atoms with Crippen molar-refractivity contribution in [1.29, 1.82) is 0 Å². The van der Waals surface area contributed by atoms with Crippen molar-refractivity contribution in [3.8, 4) is 5.75 Å². The Balaban J connectivity index is 2.46. The molecule has 1 aromatic rings. The number of benzene rings is 1. The van der Waals surface area contributed by atoms with Gasteiger partial charge in [-0.25, -0.2) is 0 Å². The number of hydrogen-bond donors (Lipinski definition) is 1. The zero-order valence-electron chi connectivity index (χ0n) is 10.9. The number of aryl methyl sites for hydroxylation is 1. The predicted octanol–water partition coefficient (Wildman–Crippen LogP) is 3.67. The van der Waals surface area contributed by atoms with Crippen LogP contribution in [-0.4, -0.2) is 19.7 Å². The summed E-state index contributed by atoms with van der Waals surface area (Å²) in [6.45, 7) is 5.50. The summed E-state index contributed by atoms with van der Waals surface area (Å²) in [4.78, 5) is 0. The van der Waals surface area contributed by atoms with Crippen LogP contribution in [0.4, 0.5) is 0 Å². The fraction of sp³-hybridized carbons (Fsp3) is 0.571.